The summed E-state index contributed by atoms with van der Waals surface area (Å²) in [5.41, 5.74) is 1.62. The van der Waals surface area contributed by atoms with E-state index in [0.29, 0.717) is 5.92 Å². The molecule has 0 aliphatic heterocycles. The molecular formula is C12H21. The Morgan fingerprint density at radius 3 is 2.83 bits per heavy atom. The van der Waals surface area contributed by atoms with Crippen molar-refractivity contribution in [2.45, 2.75) is 51.9 Å². The summed E-state index contributed by atoms with van der Waals surface area (Å²) < 4.78 is 0. The van der Waals surface area contributed by atoms with E-state index in [2.05, 4.69) is 19.9 Å². The second-order valence-electron chi connectivity index (χ2n) is 3.84. The first-order valence-corrected chi connectivity index (χ1v) is 5.36. The molecule has 0 aromatic carbocycles. The molecule has 0 bridgehead atoms. The van der Waals surface area contributed by atoms with Gasteiger partial charge in [-0.3, -0.25) is 0 Å². The first kappa shape index (κ1) is 9.83. The van der Waals surface area contributed by atoms with E-state index < -0.39 is 0 Å². The van der Waals surface area contributed by atoms with E-state index in [1.165, 1.54) is 44.9 Å². The standard InChI is InChI=1S/C12H21/c1-3-11(2)12-9-7-5-4-6-8-10-12/h9,11H,2-8,10H2,1H3/b12-9+. The Labute approximate surface area is 77.1 Å². The van der Waals surface area contributed by atoms with Crippen LogP contribution in [0.5, 0.6) is 0 Å². The fraction of sp³-hybridized carbons (Fsp3) is 0.750. The molecule has 0 saturated carbocycles. The number of hydrogen-bond acceptors (Lipinski definition) is 0. The lowest BCUT2D eigenvalue weighted by atomic mass is 9.90. The SMILES string of the molecule is [CH2]C(CC)/C1=C/CCCCCC1. The van der Waals surface area contributed by atoms with Gasteiger partial charge in [-0.2, -0.15) is 0 Å². The second kappa shape index (κ2) is 5.40. The second-order valence-corrected chi connectivity index (χ2v) is 3.84. The predicted octanol–water partition coefficient (Wildman–Crippen LogP) is 4.13. The molecule has 12 heavy (non-hydrogen) atoms. The van der Waals surface area contributed by atoms with Crippen molar-refractivity contribution >= 4 is 0 Å². The normalized spacial score (nSPS) is 26.7. The van der Waals surface area contributed by atoms with E-state index in [4.69, 9.17) is 0 Å². The van der Waals surface area contributed by atoms with Gasteiger partial charge in [0.2, 0.25) is 0 Å². The Morgan fingerprint density at radius 2 is 2.08 bits per heavy atom. The molecule has 0 fully saturated rings. The van der Waals surface area contributed by atoms with Crippen LogP contribution in [-0.4, -0.2) is 0 Å². The Kier molecular flexibility index (Phi) is 4.42. The van der Waals surface area contributed by atoms with Gasteiger partial charge in [0.05, 0.1) is 0 Å². The van der Waals surface area contributed by atoms with Crippen molar-refractivity contribution in [3.05, 3.63) is 18.6 Å². The third-order valence-corrected chi connectivity index (χ3v) is 2.84. The van der Waals surface area contributed by atoms with Crippen LogP contribution < -0.4 is 0 Å². The molecule has 0 aromatic rings. The monoisotopic (exact) mass is 165 g/mol. The number of rotatable bonds is 2. The van der Waals surface area contributed by atoms with Gasteiger partial charge in [0.1, 0.15) is 0 Å². The third kappa shape index (κ3) is 3.00. The molecule has 0 saturated heterocycles. The van der Waals surface area contributed by atoms with Gasteiger partial charge in [-0.1, -0.05) is 31.4 Å². The zero-order valence-electron chi connectivity index (χ0n) is 8.31. The molecule has 1 radical (unpaired) electrons. The molecule has 1 unspecified atom stereocenters. The average Bonchev–Trinajstić information content (AvgIpc) is 2.02. The summed E-state index contributed by atoms with van der Waals surface area (Å²) >= 11 is 0. The fourth-order valence-corrected chi connectivity index (χ4v) is 1.85. The van der Waals surface area contributed by atoms with Crippen molar-refractivity contribution in [3.8, 4) is 0 Å². The van der Waals surface area contributed by atoms with Crippen molar-refractivity contribution in [2.75, 3.05) is 0 Å². The summed E-state index contributed by atoms with van der Waals surface area (Å²) in [5, 5.41) is 0. The van der Waals surface area contributed by atoms with Crippen LogP contribution in [0.3, 0.4) is 0 Å². The highest BCUT2D eigenvalue weighted by Crippen LogP contribution is 2.24. The Bertz CT molecular complexity index is 144. The van der Waals surface area contributed by atoms with Crippen LogP contribution in [0.1, 0.15) is 51.9 Å². The largest absolute Gasteiger partial charge is 0.0851 e. The highest BCUT2D eigenvalue weighted by molar-refractivity contribution is 5.08. The van der Waals surface area contributed by atoms with Crippen LogP contribution in [0, 0.1) is 12.8 Å². The molecule has 0 heterocycles. The molecule has 0 N–H and O–H groups in total. The van der Waals surface area contributed by atoms with Crippen LogP contribution in [-0.2, 0) is 0 Å². The quantitative estimate of drug-likeness (QED) is 0.540. The maximum absolute atomic E-state index is 4.18. The molecule has 69 valence electrons. The fourth-order valence-electron chi connectivity index (χ4n) is 1.85. The molecule has 0 spiro atoms. The zero-order chi connectivity index (χ0) is 8.81. The number of hydrogen-bond donors (Lipinski definition) is 0. The predicted molar refractivity (Wildman–Crippen MR) is 54.9 cm³/mol. The van der Waals surface area contributed by atoms with Gasteiger partial charge in [-0.05, 0) is 44.9 Å². The van der Waals surface area contributed by atoms with Gasteiger partial charge < -0.3 is 0 Å². The van der Waals surface area contributed by atoms with Gasteiger partial charge in [0.15, 0.2) is 0 Å². The Morgan fingerprint density at radius 1 is 1.33 bits per heavy atom. The molecule has 0 nitrogen and oxygen atoms in total. The summed E-state index contributed by atoms with van der Waals surface area (Å²) in [6.07, 6.45) is 11.9. The topological polar surface area (TPSA) is 0 Å². The summed E-state index contributed by atoms with van der Waals surface area (Å²) in [6, 6.07) is 0. The van der Waals surface area contributed by atoms with Crippen molar-refractivity contribution < 1.29 is 0 Å². The minimum atomic E-state index is 0.586. The van der Waals surface area contributed by atoms with Crippen molar-refractivity contribution in [2.24, 2.45) is 5.92 Å². The van der Waals surface area contributed by atoms with E-state index in [0.717, 1.165) is 0 Å². The Hall–Kier alpha value is -0.260. The van der Waals surface area contributed by atoms with Crippen LogP contribution in [0.4, 0.5) is 0 Å². The van der Waals surface area contributed by atoms with Gasteiger partial charge in [0, 0.05) is 0 Å². The number of allylic oxidation sites excluding steroid dienone is 2. The summed E-state index contributed by atoms with van der Waals surface area (Å²) in [5.74, 6) is 0.586. The lowest BCUT2D eigenvalue weighted by Gasteiger charge is -2.16. The molecule has 1 atom stereocenters. The highest BCUT2D eigenvalue weighted by Gasteiger charge is 2.07. The summed E-state index contributed by atoms with van der Waals surface area (Å²) in [7, 11) is 0. The van der Waals surface area contributed by atoms with Crippen LogP contribution in [0.15, 0.2) is 11.6 Å². The van der Waals surface area contributed by atoms with Crippen molar-refractivity contribution in [1.82, 2.24) is 0 Å². The lowest BCUT2D eigenvalue weighted by Crippen LogP contribution is -2.00. The van der Waals surface area contributed by atoms with Crippen LogP contribution >= 0.6 is 0 Å². The Balaban J connectivity index is 2.46. The van der Waals surface area contributed by atoms with E-state index in [1.807, 2.05) is 0 Å². The third-order valence-electron chi connectivity index (χ3n) is 2.84. The van der Waals surface area contributed by atoms with Gasteiger partial charge in [-0.25, -0.2) is 0 Å². The maximum atomic E-state index is 4.18. The smallest absolute Gasteiger partial charge is 0.0206 e. The average molecular weight is 165 g/mol. The van der Waals surface area contributed by atoms with Crippen LogP contribution in [0.25, 0.3) is 0 Å². The van der Waals surface area contributed by atoms with Crippen LogP contribution in [0.2, 0.25) is 0 Å². The molecule has 1 rings (SSSR count). The molecule has 1 aliphatic carbocycles. The first-order valence-electron chi connectivity index (χ1n) is 5.36. The minimum Gasteiger partial charge on any atom is -0.0851 e. The summed E-state index contributed by atoms with van der Waals surface area (Å²) in [4.78, 5) is 0. The van der Waals surface area contributed by atoms with E-state index in [1.54, 1.807) is 5.57 Å². The van der Waals surface area contributed by atoms with E-state index in [9.17, 15) is 0 Å². The lowest BCUT2D eigenvalue weighted by molar-refractivity contribution is 0.582. The van der Waals surface area contributed by atoms with E-state index in [-0.39, 0.29) is 0 Å². The van der Waals surface area contributed by atoms with E-state index >= 15 is 0 Å². The summed E-state index contributed by atoms with van der Waals surface area (Å²) in [6.45, 7) is 6.42. The van der Waals surface area contributed by atoms with Gasteiger partial charge in [-0.15, -0.1) is 0 Å². The molecule has 0 aromatic heterocycles. The zero-order valence-corrected chi connectivity index (χ0v) is 8.31. The minimum absolute atomic E-state index is 0.586. The molecule has 1 aliphatic rings. The van der Waals surface area contributed by atoms with Crippen molar-refractivity contribution in [3.63, 3.8) is 0 Å². The molecular weight excluding hydrogens is 144 g/mol. The highest BCUT2D eigenvalue weighted by atomic mass is 14.1. The van der Waals surface area contributed by atoms with Gasteiger partial charge in [0.25, 0.3) is 0 Å². The maximum Gasteiger partial charge on any atom is -0.0206 e. The van der Waals surface area contributed by atoms with Gasteiger partial charge >= 0.3 is 0 Å². The first-order chi connectivity index (χ1) is 5.84. The van der Waals surface area contributed by atoms with Crippen molar-refractivity contribution in [1.29, 1.82) is 0 Å². The molecule has 0 amide bonds. The molecule has 0 heteroatoms.